The molecule has 1 N–H and O–H groups in total. The molecule has 0 aromatic carbocycles. The minimum atomic E-state index is 0.520. The van der Waals surface area contributed by atoms with Gasteiger partial charge in [-0.25, -0.2) is 0 Å². The second kappa shape index (κ2) is 3.93. The number of nitrogens with zero attached hydrogens (tertiary/aromatic N) is 2. The normalized spacial score (nSPS) is 23.2. The summed E-state index contributed by atoms with van der Waals surface area (Å²) in [4.78, 5) is 1.18. The molecular weight excluding hydrogens is 174 g/mol. The Balaban J connectivity index is 1.74. The zero-order valence-electron chi connectivity index (χ0n) is 6.69. The second-order valence-corrected chi connectivity index (χ2v) is 3.70. The maximum Gasteiger partial charge on any atom is 0.0666 e. The summed E-state index contributed by atoms with van der Waals surface area (Å²) in [6.45, 7) is 2.59. The summed E-state index contributed by atoms with van der Waals surface area (Å²) in [6.07, 6.45) is 2.92. The lowest BCUT2D eigenvalue weighted by molar-refractivity contribution is 0.190. The van der Waals surface area contributed by atoms with Crippen LogP contribution in [0.15, 0.2) is 6.20 Å². The fourth-order valence-corrected chi connectivity index (χ4v) is 1.65. The van der Waals surface area contributed by atoms with Crippen LogP contribution in [-0.2, 0) is 11.3 Å². The molecule has 1 fully saturated rings. The van der Waals surface area contributed by atoms with Crippen molar-refractivity contribution < 1.29 is 4.74 Å². The van der Waals surface area contributed by atoms with Gasteiger partial charge in [-0.3, -0.25) is 0 Å². The van der Waals surface area contributed by atoms with Crippen molar-refractivity contribution in [3.63, 3.8) is 0 Å². The number of ether oxygens (including phenoxy) is 1. The standard InChI is InChI=1S/C7H11N3OS/c1-2-11-5-6(1)8-3-7-4-9-10-12-7/h4,6,8H,1-3,5H2. The summed E-state index contributed by atoms with van der Waals surface area (Å²) in [5.74, 6) is 0. The van der Waals surface area contributed by atoms with Crippen molar-refractivity contribution in [3.05, 3.63) is 11.1 Å². The van der Waals surface area contributed by atoms with Gasteiger partial charge in [0.1, 0.15) is 0 Å². The Morgan fingerprint density at radius 2 is 2.75 bits per heavy atom. The van der Waals surface area contributed by atoms with Gasteiger partial charge in [-0.2, -0.15) is 0 Å². The second-order valence-electron chi connectivity index (χ2n) is 2.83. The molecule has 2 heterocycles. The Morgan fingerprint density at radius 1 is 1.75 bits per heavy atom. The summed E-state index contributed by atoms with van der Waals surface area (Å²) >= 11 is 1.44. The predicted molar refractivity (Wildman–Crippen MR) is 46.0 cm³/mol. The lowest BCUT2D eigenvalue weighted by atomic mass is 10.2. The van der Waals surface area contributed by atoms with Crippen LogP contribution in [0.3, 0.4) is 0 Å². The molecule has 1 aliphatic rings. The van der Waals surface area contributed by atoms with Crippen LogP contribution in [0.1, 0.15) is 11.3 Å². The SMILES string of the molecule is c1nnsc1CNC1CCOC1. The van der Waals surface area contributed by atoms with Crippen molar-refractivity contribution in [1.82, 2.24) is 14.9 Å². The van der Waals surface area contributed by atoms with E-state index in [9.17, 15) is 0 Å². The quantitative estimate of drug-likeness (QED) is 0.741. The Kier molecular flexibility index (Phi) is 2.65. The maximum absolute atomic E-state index is 5.24. The number of nitrogens with one attached hydrogen (secondary N) is 1. The van der Waals surface area contributed by atoms with Gasteiger partial charge in [-0.15, -0.1) is 5.10 Å². The maximum atomic E-state index is 5.24. The lowest BCUT2D eigenvalue weighted by Gasteiger charge is -2.07. The third kappa shape index (κ3) is 2.00. The van der Waals surface area contributed by atoms with E-state index in [1.807, 2.05) is 0 Å². The van der Waals surface area contributed by atoms with Gasteiger partial charge in [0.05, 0.1) is 17.7 Å². The van der Waals surface area contributed by atoms with Gasteiger partial charge < -0.3 is 10.1 Å². The summed E-state index contributed by atoms with van der Waals surface area (Å²) in [7, 11) is 0. The van der Waals surface area contributed by atoms with Crippen LogP contribution < -0.4 is 5.32 Å². The molecule has 0 aliphatic carbocycles. The van der Waals surface area contributed by atoms with Crippen LogP contribution in [-0.4, -0.2) is 28.8 Å². The lowest BCUT2D eigenvalue weighted by Crippen LogP contribution is -2.28. The van der Waals surface area contributed by atoms with E-state index in [-0.39, 0.29) is 0 Å². The molecule has 1 aromatic heterocycles. The largest absolute Gasteiger partial charge is 0.380 e. The molecular formula is C7H11N3OS. The highest BCUT2D eigenvalue weighted by atomic mass is 32.1. The first-order chi connectivity index (χ1) is 5.95. The Bertz CT molecular complexity index is 221. The average Bonchev–Trinajstić information content (AvgIpc) is 2.74. The minimum absolute atomic E-state index is 0.520. The predicted octanol–water partition coefficient (Wildman–Crippen LogP) is 0.417. The first-order valence-electron chi connectivity index (χ1n) is 4.02. The van der Waals surface area contributed by atoms with E-state index in [1.54, 1.807) is 6.20 Å². The fourth-order valence-electron chi connectivity index (χ4n) is 1.21. The number of aromatic nitrogens is 2. The highest BCUT2D eigenvalue weighted by molar-refractivity contribution is 7.05. The molecule has 66 valence electrons. The minimum Gasteiger partial charge on any atom is -0.380 e. The van der Waals surface area contributed by atoms with Gasteiger partial charge in [-0.1, -0.05) is 4.49 Å². The van der Waals surface area contributed by atoms with Gasteiger partial charge in [0.25, 0.3) is 0 Å². The van der Waals surface area contributed by atoms with Crippen molar-refractivity contribution in [2.75, 3.05) is 13.2 Å². The summed E-state index contributed by atoms with van der Waals surface area (Å²) in [6, 6.07) is 0.520. The van der Waals surface area contributed by atoms with E-state index in [0.717, 1.165) is 26.2 Å². The van der Waals surface area contributed by atoms with Crippen molar-refractivity contribution >= 4 is 11.5 Å². The zero-order chi connectivity index (χ0) is 8.23. The molecule has 0 radical (unpaired) electrons. The fraction of sp³-hybridized carbons (Fsp3) is 0.714. The topological polar surface area (TPSA) is 47.0 Å². The highest BCUT2D eigenvalue weighted by Gasteiger charge is 2.14. The zero-order valence-corrected chi connectivity index (χ0v) is 7.51. The van der Waals surface area contributed by atoms with E-state index < -0.39 is 0 Å². The van der Waals surface area contributed by atoms with Crippen LogP contribution in [0.2, 0.25) is 0 Å². The van der Waals surface area contributed by atoms with E-state index in [4.69, 9.17) is 4.74 Å². The molecule has 12 heavy (non-hydrogen) atoms. The number of rotatable bonds is 3. The van der Waals surface area contributed by atoms with Crippen molar-refractivity contribution in [2.45, 2.75) is 19.0 Å². The number of hydrogen-bond donors (Lipinski definition) is 1. The summed E-state index contributed by atoms with van der Waals surface area (Å²) < 4.78 is 9.02. The molecule has 1 saturated heterocycles. The van der Waals surface area contributed by atoms with Crippen LogP contribution >= 0.6 is 11.5 Å². The first kappa shape index (κ1) is 8.10. The van der Waals surface area contributed by atoms with Gasteiger partial charge in [0, 0.05) is 19.2 Å². The van der Waals surface area contributed by atoms with Crippen LogP contribution in [0.5, 0.6) is 0 Å². The van der Waals surface area contributed by atoms with E-state index in [0.29, 0.717) is 6.04 Å². The molecule has 1 unspecified atom stereocenters. The smallest absolute Gasteiger partial charge is 0.0666 e. The van der Waals surface area contributed by atoms with Crippen molar-refractivity contribution in [3.8, 4) is 0 Å². The Hall–Kier alpha value is -0.520. The van der Waals surface area contributed by atoms with E-state index in [2.05, 4.69) is 14.9 Å². The van der Waals surface area contributed by atoms with Gasteiger partial charge in [-0.05, 0) is 18.0 Å². The molecule has 0 bridgehead atoms. The van der Waals surface area contributed by atoms with E-state index in [1.165, 1.54) is 16.4 Å². The third-order valence-electron chi connectivity index (χ3n) is 1.90. The Labute approximate surface area is 75.1 Å². The summed E-state index contributed by atoms with van der Waals surface area (Å²) in [5, 5.41) is 7.15. The van der Waals surface area contributed by atoms with Gasteiger partial charge in [0.2, 0.25) is 0 Å². The Morgan fingerprint density at radius 3 is 3.42 bits per heavy atom. The monoisotopic (exact) mass is 185 g/mol. The van der Waals surface area contributed by atoms with Gasteiger partial charge >= 0.3 is 0 Å². The first-order valence-corrected chi connectivity index (χ1v) is 4.80. The number of hydrogen-bond acceptors (Lipinski definition) is 5. The van der Waals surface area contributed by atoms with Crippen molar-refractivity contribution in [2.24, 2.45) is 0 Å². The molecule has 4 nitrogen and oxygen atoms in total. The molecule has 0 saturated carbocycles. The molecule has 1 atom stereocenters. The molecule has 2 rings (SSSR count). The van der Waals surface area contributed by atoms with Gasteiger partial charge in [0.15, 0.2) is 0 Å². The molecule has 1 aliphatic heterocycles. The summed E-state index contributed by atoms with van der Waals surface area (Å²) in [5.41, 5.74) is 0. The third-order valence-corrected chi connectivity index (χ3v) is 2.56. The van der Waals surface area contributed by atoms with Crippen LogP contribution in [0, 0.1) is 0 Å². The average molecular weight is 185 g/mol. The highest BCUT2D eigenvalue weighted by Crippen LogP contribution is 2.06. The molecule has 0 amide bonds. The molecule has 0 spiro atoms. The van der Waals surface area contributed by atoms with Crippen molar-refractivity contribution in [1.29, 1.82) is 0 Å². The van der Waals surface area contributed by atoms with Crippen LogP contribution in [0.4, 0.5) is 0 Å². The molecule has 1 aromatic rings. The van der Waals surface area contributed by atoms with E-state index >= 15 is 0 Å². The molecule has 5 heteroatoms. The van der Waals surface area contributed by atoms with Crippen LogP contribution in [0.25, 0.3) is 0 Å².